The molecule has 0 radical (unpaired) electrons. The summed E-state index contributed by atoms with van der Waals surface area (Å²) in [7, 11) is 0. The highest BCUT2D eigenvalue weighted by molar-refractivity contribution is 5.98. The Labute approximate surface area is 476 Å². The van der Waals surface area contributed by atoms with Gasteiger partial charge in [-0.2, -0.15) is 0 Å². The van der Waals surface area contributed by atoms with Gasteiger partial charge in [0.25, 0.3) is 0 Å². The van der Waals surface area contributed by atoms with Gasteiger partial charge in [-0.25, -0.2) is 0 Å². The molecule has 0 aliphatic rings. The number of amides is 10. The summed E-state index contributed by atoms with van der Waals surface area (Å²) in [6.45, 7) is 16.3. The van der Waals surface area contributed by atoms with Gasteiger partial charge in [0, 0.05) is 25.7 Å². The van der Waals surface area contributed by atoms with Crippen molar-refractivity contribution in [3.05, 3.63) is 0 Å². The molecule has 9 atom stereocenters. The fourth-order valence-corrected chi connectivity index (χ4v) is 8.28. The van der Waals surface area contributed by atoms with E-state index in [0.717, 1.165) is 19.3 Å². The summed E-state index contributed by atoms with van der Waals surface area (Å²) < 4.78 is 0. The van der Waals surface area contributed by atoms with Crippen molar-refractivity contribution in [1.29, 1.82) is 0 Å². The predicted octanol–water partition coefficient (Wildman–Crippen LogP) is 1.94. The molecule has 0 heterocycles. The number of carbonyl (C=O) groups is 13. The molecule has 0 aromatic carbocycles. The van der Waals surface area contributed by atoms with Gasteiger partial charge in [-0.05, 0) is 64.2 Å². The first-order valence-corrected chi connectivity index (χ1v) is 28.6. The summed E-state index contributed by atoms with van der Waals surface area (Å²) in [5.74, 6) is -13.9. The zero-order valence-electron chi connectivity index (χ0n) is 49.3. The zero-order chi connectivity index (χ0) is 61.9. The van der Waals surface area contributed by atoms with Gasteiger partial charge in [0.05, 0.1) is 0 Å². The third-order valence-electron chi connectivity index (χ3n) is 13.4. The second kappa shape index (κ2) is 40.3. The first kappa shape index (κ1) is 74.1. The first-order chi connectivity index (χ1) is 37.9. The molecular formula is C55H96N10O16. The maximum atomic E-state index is 13.8. The number of nitrogens with one attached hydrogen (secondary N) is 9. The summed E-state index contributed by atoms with van der Waals surface area (Å²) in [6.07, 6.45) is 11.9. The predicted molar refractivity (Wildman–Crippen MR) is 299 cm³/mol. The number of carbonyl (C=O) groups excluding carboxylic acids is 10. The van der Waals surface area contributed by atoms with Gasteiger partial charge in [-0.3, -0.25) is 62.3 Å². The highest BCUT2D eigenvalue weighted by Crippen LogP contribution is 2.15. The van der Waals surface area contributed by atoms with Crippen molar-refractivity contribution in [2.75, 3.05) is 0 Å². The van der Waals surface area contributed by atoms with Gasteiger partial charge in [0.1, 0.15) is 54.4 Å². The van der Waals surface area contributed by atoms with Gasteiger partial charge in [0.15, 0.2) is 0 Å². The molecule has 0 spiro atoms. The van der Waals surface area contributed by atoms with Crippen LogP contribution in [0.3, 0.4) is 0 Å². The normalized spacial score (nSPS) is 14.5. The van der Waals surface area contributed by atoms with Gasteiger partial charge < -0.3 is 68.9 Å². The molecular weight excluding hydrogens is 1060 g/mol. The van der Waals surface area contributed by atoms with Crippen LogP contribution in [0.4, 0.5) is 0 Å². The number of unbranched alkanes of at least 4 members (excludes halogenated alkanes) is 12. The molecule has 0 fully saturated rings. The smallest absolute Gasteiger partial charge is 0.303 e. The topological polar surface area (TPSA) is 417 Å². The van der Waals surface area contributed by atoms with E-state index in [1.165, 1.54) is 78.6 Å². The van der Waals surface area contributed by atoms with Gasteiger partial charge in [-0.1, -0.05) is 126 Å². The van der Waals surface area contributed by atoms with E-state index in [1.54, 1.807) is 41.5 Å². The molecule has 0 aliphatic carbocycles. The Morgan fingerprint density at radius 3 is 0.926 bits per heavy atom. The van der Waals surface area contributed by atoms with Crippen LogP contribution in [0.15, 0.2) is 0 Å². The molecule has 0 rings (SSSR count). The summed E-state index contributed by atoms with van der Waals surface area (Å²) in [6, 6.07) is -12.3. The third-order valence-corrected chi connectivity index (χ3v) is 13.4. The van der Waals surface area contributed by atoms with Gasteiger partial charge >= 0.3 is 17.9 Å². The second-order valence-corrected chi connectivity index (χ2v) is 21.8. The maximum Gasteiger partial charge on any atom is 0.303 e. The minimum absolute atomic E-state index is 0.261. The van der Waals surface area contributed by atoms with Crippen molar-refractivity contribution in [1.82, 2.24) is 47.9 Å². The van der Waals surface area contributed by atoms with Crippen LogP contribution >= 0.6 is 0 Å². The Morgan fingerprint density at radius 1 is 0.321 bits per heavy atom. The number of primary amides is 1. The zero-order valence-corrected chi connectivity index (χ0v) is 49.3. The molecule has 10 amide bonds. The monoisotopic (exact) mass is 1150 g/mol. The van der Waals surface area contributed by atoms with Crippen molar-refractivity contribution in [2.45, 2.75) is 252 Å². The molecule has 26 nitrogen and oxygen atoms in total. The van der Waals surface area contributed by atoms with E-state index in [1.807, 2.05) is 0 Å². The molecule has 0 saturated carbocycles. The average Bonchev–Trinajstić information content (AvgIpc) is 3.37. The van der Waals surface area contributed by atoms with E-state index in [4.69, 9.17) is 10.8 Å². The van der Waals surface area contributed by atoms with E-state index >= 15 is 0 Å². The van der Waals surface area contributed by atoms with E-state index in [9.17, 15) is 72.5 Å². The number of rotatable bonds is 44. The van der Waals surface area contributed by atoms with E-state index < -0.39 is 176 Å². The standard InChI is InChI=1S/C55H96N10O16/c1-11-12-13-14-15-16-17-18-19-20-21-22-23-24-40(66)63-44(31(2)3)54(80)65-46(33(6)7)55(81)64-45(32(4)5)53(79)59-35(9)49(75)57-34(8)48(74)58-36(10)50(76)61-38(26-29-42(69)70)52(78)62-39(27-30-43(71)72)51(77)60-37(47(56)73)25-28-41(67)68/h31-39,44-46H,11-30H2,1-10H3,(H2,56,73)(H,57,75)(H,58,74)(H,59,79)(H,60,77)(H,61,76)(H,62,78)(H,63,66)(H,64,81)(H,65,80)(H,67,68)(H,69,70)(H,71,72)/t34-,35-,36-,37-,38-,39-,44-,45-,46-/m0/s1. The summed E-state index contributed by atoms with van der Waals surface area (Å²) in [5, 5.41) is 49.7. The van der Waals surface area contributed by atoms with Crippen LogP contribution in [0, 0.1) is 17.8 Å². The average molecular weight is 1150 g/mol. The molecule has 462 valence electrons. The van der Waals surface area contributed by atoms with Crippen LogP contribution in [0.25, 0.3) is 0 Å². The number of hydrogen-bond donors (Lipinski definition) is 13. The van der Waals surface area contributed by atoms with Crippen LogP contribution < -0.4 is 53.6 Å². The minimum atomic E-state index is -1.70. The van der Waals surface area contributed by atoms with Crippen LogP contribution in [-0.2, 0) is 62.3 Å². The lowest BCUT2D eigenvalue weighted by molar-refractivity contribution is -0.140. The van der Waals surface area contributed by atoms with Crippen LogP contribution in [-0.4, -0.2) is 147 Å². The number of nitrogens with two attached hydrogens (primary N) is 1. The maximum absolute atomic E-state index is 13.8. The van der Waals surface area contributed by atoms with Crippen molar-refractivity contribution >= 4 is 77.0 Å². The van der Waals surface area contributed by atoms with Crippen molar-refractivity contribution in [3.8, 4) is 0 Å². The van der Waals surface area contributed by atoms with E-state index in [2.05, 4.69) is 54.8 Å². The quantitative estimate of drug-likeness (QED) is 0.0388. The van der Waals surface area contributed by atoms with Crippen molar-refractivity contribution in [3.63, 3.8) is 0 Å². The number of aliphatic carboxylic acids is 3. The molecule has 14 N–H and O–H groups in total. The molecule has 0 saturated heterocycles. The molecule has 26 heteroatoms. The Kier molecular flexibility index (Phi) is 36.9. The minimum Gasteiger partial charge on any atom is -0.481 e. The van der Waals surface area contributed by atoms with Crippen LogP contribution in [0.5, 0.6) is 0 Å². The summed E-state index contributed by atoms with van der Waals surface area (Å²) in [5.41, 5.74) is 5.28. The number of carboxylic acids is 3. The number of hydrogen-bond acceptors (Lipinski definition) is 13. The van der Waals surface area contributed by atoms with E-state index in [-0.39, 0.29) is 18.2 Å². The lowest BCUT2D eigenvalue weighted by Crippen LogP contribution is -2.61. The second-order valence-electron chi connectivity index (χ2n) is 21.8. The highest BCUT2D eigenvalue weighted by Gasteiger charge is 2.36. The molecule has 0 aromatic heterocycles. The van der Waals surface area contributed by atoms with E-state index in [0.29, 0.717) is 6.42 Å². The Morgan fingerprint density at radius 2 is 0.593 bits per heavy atom. The molecule has 0 aromatic rings. The van der Waals surface area contributed by atoms with Crippen molar-refractivity contribution < 1.29 is 77.6 Å². The Hall–Kier alpha value is -6.89. The third kappa shape index (κ3) is 32.2. The first-order valence-electron chi connectivity index (χ1n) is 28.6. The molecule has 81 heavy (non-hydrogen) atoms. The SMILES string of the molecule is CCCCCCCCCCCCCCCC(=O)N[C@H](C(=O)N[C@H](C(=O)N[C@H](C(=O)N[C@@H](C)C(=O)N[C@@H](C)C(=O)N[C@@H](C)C(=O)N[C@@H](CCC(=O)O)C(=O)N[C@@H](CCC(=O)O)C(=O)N[C@@H](CCC(=O)O)C(N)=O)C(C)C)C(C)C)C(C)C. The van der Waals surface area contributed by atoms with Gasteiger partial charge in [0.2, 0.25) is 59.1 Å². The molecule has 0 unspecified atom stereocenters. The Balaban J connectivity index is 5.60. The summed E-state index contributed by atoms with van der Waals surface area (Å²) >= 11 is 0. The fraction of sp³-hybridized carbons (Fsp3) is 0.764. The van der Waals surface area contributed by atoms with Crippen molar-refractivity contribution in [2.24, 2.45) is 23.5 Å². The summed E-state index contributed by atoms with van der Waals surface area (Å²) in [4.78, 5) is 166. The molecule has 0 aliphatic heterocycles. The number of carboxylic acid groups (broad SMARTS) is 3. The highest BCUT2D eigenvalue weighted by atomic mass is 16.4. The van der Waals surface area contributed by atoms with Gasteiger partial charge in [-0.15, -0.1) is 0 Å². The molecule has 0 bridgehead atoms. The largest absolute Gasteiger partial charge is 0.481 e. The Bertz CT molecular complexity index is 2090. The lowest BCUT2D eigenvalue weighted by Gasteiger charge is -2.30. The van der Waals surface area contributed by atoms with Crippen LogP contribution in [0.1, 0.15) is 198 Å². The lowest BCUT2D eigenvalue weighted by atomic mass is 9.97. The van der Waals surface area contributed by atoms with Crippen LogP contribution in [0.2, 0.25) is 0 Å². The fourth-order valence-electron chi connectivity index (χ4n) is 8.28.